The standard InChI is InChI=1S/C57H49N/c1-38(2)48-24-11-12-25-49(48)53-35-40-16-9-10-17-41(40)36-56(53)58(46-23-15-18-42(34-46)52-33-39-28-29-43(52)32-39)47-30-31-51-50-26-13-14-27-54(50)57(55(51)37-47,44-19-5-3-6-20-44)45-21-7-4-8-22-45/h3-27,30-31,34-39,43,52H,28-29,32-33H2,1-2H3. The van der Waals surface area contributed by atoms with Crippen LogP contribution < -0.4 is 4.90 Å². The Balaban J connectivity index is 1.21. The van der Waals surface area contributed by atoms with Crippen LogP contribution in [0.1, 0.15) is 84.7 Å². The molecule has 0 heterocycles. The molecule has 8 aromatic carbocycles. The molecule has 2 bridgehead atoms. The maximum absolute atomic E-state index is 2.60. The van der Waals surface area contributed by atoms with Crippen molar-refractivity contribution in [2.75, 3.05) is 4.90 Å². The Morgan fingerprint density at radius 2 is 1.12 bits per heavy atom. The highest BCUT2D eigenvalue weighted by Crippen LogP contribution is 2.58. The normalized spacial score (nSPS) is 18.7. The van der Waals surface area contributed by atoms with Gasteiger partial charge in [-0.3, -0.25) is 0 Å². The molecule has 58 heavy (non-hydrogen) atoms. The number of nitrogens with zero attached hydrogens (tertiary/aromatic N) is 1. The number of benzene rings is 8. The smallest absolute Gasteiger partial charge is 0.0714 e. The third kappa shape index (κ3) is 5.51. The van der Waals surface area contributed by atoms with E-state index in [1.807, 2.05) is 0 Å². The lowest BCUT2D eigenvalue weighted by Crippen LogP contribution is -2.28. The van der Waals surface area contributed by atoms with Gasteiger partial charge in [-0.1, -0.05) is 172 Å². The van der Waals surface area contributed by atoms with E-state index in [2.05, 4.69) is 207 Å². The van der Waals surface area contributed by atoms with Gasteiger partial charge in [0.15, 0.2) is 0 Å². The van der Waals surface area contributed by atoms with Crippen molar-refractivity contribution < 1.29 is 0 Å². The summed E-state index contributed by atoms with van der Waals surface area (Å²) in [6.45, 7) is 4.64. The molecule has 1 heteroatoms. The summed E-state index contributed by atoms with van der Waals surface area (Å²) in [4.78, 5) is 2.60. The third-order valence-corrected chi connectivity index (χ3v) is 14.0. The van der Waals surface area contributed by atoms with Gasteiger partial charge in [0.05, 0.1) is 11.1 Å². The summed E-state index contributed by atoms with van der Waals surface area (Å²) < 4.78 is 0. The highest BCUT2D eigenvalue weighted by molar-refractivity contribution is 5.99. The van der Waals surface area contributed by atoms with E-state index in [4.69, 9.17) is 0 Å². The first-order chi connectivity index (χ1) is 28.6. The van der Waals surface area contributed by atoms with Crippen LogP contribution in [0.5, 0.6) is 0 Å². The van der Waals surface area contributed by atoms with Crippen molar-refractivity contribution >= 4 is 27.8 Å². The molecule has 11 rings (SSSR count). The van der Waals surface area contributed by atoms with Crippen LogP contribution in [0.25, 0.3) is 33.0 Å². The average Bonchev–Trinajstić information content (AvgIpc) is 4.00. The summed E-state index contributed by atoms with van der Waals surface area (Å²) in [5, 5.41) is 2.50. The maximum atomic E-state index is 2.60. The third-order valence-electron chi connectivity index (χ3n) is 14.0. The van der Waals surface area contributed by atoms with Gasteiger partial charge in [-0.05, 0) is 140 Å². The lowest BCUT2D eigenvalue weighted by atomic mass is 9.67. The van der Waals surface area contributed by atoms with Crippen LogP contribution in [-0.2, 0) is 5.41 Å². The zero-order valence-corrected chi connectivity index (χ0v) is 33.5. The van der Waals surface area contributed by atoms with E-state index in [0.717, 1.165) is 11.8 Å². The molecule has 0 radical (unpaired) electrons. The molecular weight excluding hydrogens is 699 g/mol. The lowest BCUT2D eigenvalue weighted by Gasteiger charge is -2.35. The molecule has 282 valence electrons. The Kier molecular flexibility index (Phi) is 8.47. The number of rotatable bonds is 8. The first-order valence-electron chi connectivity index (χ1n) is 21.5. The first-order valence-corrected chi connectivity index (χ1v) is 21.5. The minimum Gasteiger partial charge on any atom is -0.310 e. The van der Waals surface area contributed by atoms with Crippen LogP contribution in [0.15, 0.2) is 188 Å². The highest BCUT2D eigenvalue weighted by atomic mass is 15.1. The van der Waals surface area contributed by atoms with Crippen LogP contribution >= 0.6 is 0 Å². The predicted molar refractivity (Wildman–Crippen MR) is 244 cm³/mol. The Bertz CT molecular complexity index is 2760. The summed E-state index contributed by atoms with van der Waals surface area (Å²) in [6, 6.07) is 71.3. The fraction of sp³-hybridized carbons (Fsp3) is 0.193. The molecule has 0 aromatic heterocycles. The molecule has 0 saturated heterocycles. The molecule has 8 aromatic rings. The topological polar surface area (TPSA) is 3.24 Å². The Morgan fingerprint density at radius 3 is 1.83 bits per heavy atom. The number of hydrogen-bond acceptors (Lipinski definition) is 1. The monoisotopic (exact) mass is 747 g/mol. The fourth-order valence-electron chi connectivity index (χ4n) is 11.4. The molecule has 0 amide bonds. The quantitative estimate of drug-likeness (QED) is 0.150. The molecule has 2 fully saturated rings. The van der Waals surface area contributed by atoms with Crippen LogP contribution in [0.2, 0.25) is 0 Å². The van der Waals surface area contributed by atoms with Gasteiger partial charge in [0, 0.05) is 16.9 Å². The van der Waals surface area contributed by atoms with Gasteiger partial charge in [-0.2, -0.15) is 0 Å². The van der Waals surface area contributed by atoms with Crippen molar-refractivity contribution in [1.29, 1.82) is 0 Å². The van der Waals surface area contributed by atoms with E-state index in [9.17, 15) is 0 Å². The zero-order valence-electron chi connectivity index (χ0n) is 33.5. The van der Waals surface area contributed by atoms with Gasteiger partial charge in [0.2, 0.25) is 0 Å². The first kappa shape index (κ1) is 35.0. The average molecular weight is 748 g/mol. The lowest BCUT2D eigenvalue weighted by molar-refractivity contribution is 0.420. The predicted octanol–water partition coefficient (Wildman–Crippen LogP) is 15.4. The van der Waals surface area contributed by atoms with Crippen LogP contribution in [0.4, 0.5) is 17.1 Å². The van der Waals surface area contributed by atoms with Crippen molar-refractivity contribution in [1.82, 2.24) is 0 Å². The zero-order chi connectivity index (χ0) is 38.8. The largest absolute Gasteiger partial charge is 0.310 e. The molecule has 3 unspecified atom stereocenters. The second-order valence-electron chi connectivity index (χ2n) is 17.4. The van der Waals surface area contributed by atoms with E-state index in [1.54, 1.807) is 0 Å². The van der Waals surface area contributed by atoms with E-state index < -0.39 is 5.41 Å². The highest BCUT2D eigenvalue weighted by Gasteiger charge is 2.46. The van der Waals surface area contributed by atoms with Crippen molar-refractivity contribution in [3.63, 3.8) is 0 Å². The molecule has 1 nitrogen and oxygen atoms in total. The second kappa shape index (κ2) is 14.0. The molecule has 2 saturated carbocycles. The van der Waals surface area contributed by atoms with Gasteiger partial charge < -0.3 is 4.90 Å². The van der Waals surface area contributed by atoms with Crippen molar-refractivity contribution in [2.24, 2.45) is 11.8 Å². The molecular formula is C57H49N. The van der Waals surface area contributed by atoms with Gasteiger partial charge in [0.1, 0.15) is 0 Å². The fourth-order valence-corrected chi connectivity index (χ4v) is 11.4. The Hall–Kier alpha value is -6.18. The number of fused-ring (bicyclic) bond motifs is 6. The molecule has 3 atom stereocenters. The second-order valence-corrected chi connectivity index (χ2v) is 17.4. The van der Waals surface area contributed by atoms with Gasteiger partial charge in [-0.15, -0.1) is 0 Å². The van der Waals surface area contributed by atoms with Crippen molar-refractivity contribution in [3.8, 4) is 22.3 Å². The molecule has 0 spiro atoms. The van der Waals surface area contributed by atoms with Crippen LogP contribution in [-0.4, -0.2) is 0 Å². The summed E-state index contributed by atoms with van der Waals surface area (Å²) in [6.07, 6.45) is 5.50. The SMILES string of the molecule is CC(C)c1ccccc1-c1cc2ccccc2cc1N(c1cccc(C2CC3CCC2C3)c1)c1ccc2c(c1)C(c1ccccc1)(c1ccccc1)c1ccccc1-2. The minimum absolute atomic E-state index is 0.376. The van der Waals surface area contributed by atoms with E-state index >= 15 is 0 Å². The molecule has 0 N–H and O–H groups in total. The van der Waals surface area contributed by atoms with Gasteiger partial charge in [-0.25, -0.2) is 0 Å². The van der Waals surface area contributed by atoms with Gasteiger partial charge >= 0.3 is 0 Å². The van der Waals surface area contributed by atoms with E-state index in [1.165, 1.54) is 109 Å². The summed E-state index contributed by atoms with van der Waals surface area (Å²) in [5.41, 5.74) is 16.4. The van der Waals surface area contributed by atoms with Crippen LogP contribution in [0, 0.1) is 11.8 Å². The van der Waals surface area contributed by atoms with Crippen molar-refractivity contribution in [3.05, 3.63) is 221 Å². The van der Waals surface area contributed by atoms with E-state index in [-0.39, 0.29) is 0 Å². The van der Waals surface area contributed by atoms with Crippen molar-refractivity contribution in [2.45, 2.75) is 56.8 Å². The molecule has 3 aliphatic carbocycles. The molecule has 0 aliphatic heterocycles. The molecule has 3 aliphatic rings. The van der Waals surface area contributed by atoms with Crippen LogP contribution in [0.3, 0.4) is 0 Å². The summed E-state index contributed by atoms with van der Waals surface area (Å²) in [5.74, 6) is 2.70. The number of anilines is 3. The Labute approximate surface area is 343 Å². The van der Waals surface area contributed by atoms with E-state index in [0.29, 0.717) is 11.8 Å². The summed E-state index contributed by atoms with van der Waals surface area (Å²) in [7, 11) is 0. The number of hydrogen-bond donors (Lipinski definition) is 0. The summed E-state index contributed by atoms with van der Waals surface area (Å²) >= 11 is 0. The minimum atomic E-state index is -0.489. The Morgan fingerprint density at radius 1 is 0.483 bits per heavy atom. The maximum Gasteiger partial charge on any atom is 0.0714 e. The van der Waals surface area contributed by atoms with Gasteiger partial charge in [0.25, 0.3) is 0 Å².